The van der Waals surface area contributed by atoms with Crippen LogP contribution in [0.1, 0.15) is 24.3 Å². The molecular weight excluding hydrogens is 208 g/mol. The molecular formula is C11H16N2O3. The van der Waals surface area contributed by atoms with Crippen molar-refractivity contribution in [3.05, 3.63) is 24.0 Å². The Morgan fingerprint density at radius 3 is 2.62 bits per heavy atom. The van der Waals surface area contributed by atoms with Gasteiger partial charge >= 0.3 is 5.97 Å². The van der Waals surface area contributed by atoms with Crippen LogP contribution >= 0.6 is 0 Å². The van der Waals surface area contributed by atoms with Gasteiger partial charge in [0.2, 0.25) is 0 Å². The number of amides is 1. The topological polar surface area (TPSA) is 62.5 Å². The van der Waals surface area contributed by atoms with E-state index in [4.69, 9.17) is 5.11 Å². The van der Waals surface area contributed by atoms with Crippen molar-refractivity contribution in [2.24, 2.45) is 0 Å². The summed E-state index contributed by atoms with van der Waals surface area (Å²) in [6, 6.07) is 3.49. The molecule has 1 amide bonds. The van der Waals surface area contributed by atoms with Gasteiger partial charge in [-0.05, 0) is 26.0 Å². The van der Waals surface area contributed by atoms with E-state index in [1.165, 1.54) is 4.90 Å². The summed E-state index contributed by atoms with van der Waals surface area (Å²) in [5.74, 6) is -1.23. The van der Waals surface area contributed by atoms with Crippen molar-refractivity contribution in [2.45, 2.75) is 20.4 Å². The second kappa shape index (κ2) is 5.34. The lowest BCUT2D eigenvalue weighted by atomic mass is 10.3. The van der Waals surface area contributed by atoms with Crippen LogP contribution in [0.3, 0.4) is 0 Å². The molecule has 0 atom stereocenters. The van der Waals surface area contributed by atoms with Crippen molar-refractivity contribution < 1.29 is 14.7 Å². The standard InChI is InChI=1S/C11H16N2O3/c1-3-12-7-5-6-9(12)11(16)13(4-2)8-10(14)15/h5-7H,3-4,8H2,1-2H3,(H,14,15). The molecule has 0 saturated heterocycles. The van der Waals surface area contributed by atoms with Gasteiger partial charge in [-0.1, -0.05) is 0 Å². The maximum absolute atomic E-state index is 12.0. The number of likely N-dealkylation sites (N-methyl/N-ethyl adjacent to an activating group) is 1. The Morgan fingerprint density at radius 2 is 2.12 bits per heavy atom. The van der Waals surface area contributed by atoms with E-state index in [2.05, 4.69) is 0 Å². The lowest BCUT2D eigenvalue weighted by molar-refractivity contribution is -0.137. The zero-order valence-electron chi connectivity index (χ0n) is 9.51. The van der Waals surface area contributed by atoms with Crippen molar-refractivity contribution in [1.29, 1.82) is 0 Å². The maximum atomic E-state index is 12.0. The molecule has 1 heterocycles. The summed E-state index contributed by atoms with van der Waals surface area (Å²) < 4.78 is 1.80. The maximum Gasteiger partial charge on any atom is 0.323 e. The first-order valence-corrected chi connectivity index (χ1v) is 5.26. The molecule has 16 heavy (non-hydrogen) atoms. The Hall–Kier alpha value is -1.78. The van der Waals surface area contributed by atoms with Gasteiger partial charge in [0.05, 0.1) is 0 Å². The lowest BCUT2D eigenvalue weighted by Gasteiger charge is -2.19. The molecule has 1 aromatic heterocycles. The van der Waals surface area contributed by atoms with Gasteiger partial charge in [-0.3, -0.25) is 9.59 Å². The number of hydrogen-bond donors (Lipinski definition) is 1. The lowest BCUT2D eigenvalue weighted by Crippen LogP contribution is -2.36. The number of carboxylic acids is 1. The monoisotopic (exact) mass is 224 g/mol. The van der Waals surface area contributed by atoms with E-state index < -0.39 is 5.97 Å². The molecule has 5 nitrogen and oxygen atoms in total. The van der Waals surface area contributed by atoms with Crippen LogP contribution in [0.5, 0.6) is 0 Å². The van der Waals surface area contributed by atoms with Crippen molar-refractivity contribution in [1.82, 2.24) is 9.47 Å². The summed E-state index contributed by atoms with van der Waals surface area (Å²) in [4.78, 5) is 23.9. The van der Waals surface area contributed by atoms with Crippen LogP contribution in [0.15, 0.2) is 18.3 Å². The number of aromatic nitrogens is 1. The summed E-state index contributed by atoms with van der Waals surface area (Å²) >= 11 is 0. The Morgan fingerprint density at radius 1 is 1.44 bits per heavy atom. The van der Waals surface area contributed by atoms with E-state index >= 15 is 0 Å². The molecule has 0 aliphatic rings. The van der Waals surface area contributed by atoms with Gasteiger partial charge in [0, 0.05) is 19.3 Å². The van der Waals surface area contributed by atoms with Gasteiger partial charge < -0.3 is 14.6 Å². The number of carbonyl (C=O) groups is 2. The molecule has 0 radical (unpaired) electrons. The number of carboxylic acid groups (broad SMARTS) is 1. The van der Waals surface area contributed by atoms with Crippen LogP contribution in [0.4, 0.5) is 0 Å². The number of hydrogen-bond acceptors (Lipinski definition) is 2. The molecule has 5 heteroatoms. The number of aliphatic carboxylic acids is 1. The van der Waals surface area contributed by atoms with Gasteiger partial charge in [-0.25, -0.2) is 0 Å². The average Bonchev–Trinajstić information content (AvgIpc) is 2.72. The largest absolute Gasteiger partial charge is 0.480 e. The molecule has 1 rings (SSSR count). The van der Waals surface area contributed by atoms with Crippen molar-refractivity contribution in [3.63, 3.8) is 0 Å². The second-order valence-electron chi connectivity index (χ2n) is 3.39. The second-order valence-corrected chi connectivity index (χ2v) is 3.39. The molecule has 0 bridgehead atoms. The molecule has 0 aromatic carbocycles. The molecule has 0 unspecified atom stereocenters. The first-order valence-electron chi connectivity index (χ1n) is 5.26. The van der Waals surface area contributed by atoms with Gasteiger partial charge in [0.1, 0.15) is 12.2 Å². The third kappa shape index (κ3) is 2.62. The van der Waals surface area contributed by atoms with Crippen LogP contribution in [0.2, 0.25) is 0 Å². The third-order valence-electron chi connectivity index (χ3n) is 2.38. The number of nitrogens with zero attached hydrogens (tertiary/aromatic N) is 2. The summed E-state index contributed by atoms with van der Waals surface area (Å²) in [6.45, 7) is 4.52. The minimum atomic E-state index is -0.996. The van der Waals surface area contributed by atoms with E-state index in [-0.39, 0.29) is 12.5 Å². The zero-order chi connectivity index (χ0) is 12.1. The van der Waals surface area contributed by atoms with Crippen molar-refractivity contribution >= 4 is 11.9 Å². The predicted molar refractivity (Wildman–Crippen MR) is 59.3 cm³/mol. The Labute approximate surface area is 94.3 Å². The van der Waals surface area contributed by atoms with Gasteiger partial charge in [0.25, 0.3) is 5.91 Å². The van der Waals surface area contributed by atoms with Crippen LogP contribution < -0.4 is 0 Å². The highest BCUT2D eigenvalue weighted by molar-refractivity contribution is 5.94. The van der Waals surface area contributed by atoms with Crippen LogP contribution in [0.25, 0.3) is 0 Å². The molecule has 0 aliphatic heterocycles. The Kier molecular flexibility index (Phi) is 4.10. The van der Waals surface area contributed by atoms with Gasteiger partial charge in [0.15, 0.2) is 0 Å². The summed E-state index contributed by atoms with van der Waals surface area (Å²) in [5, 5.41) is 8.69. The molecule has 0 aliphatic carbocycles. The van der Waals surface area contributed by atoms with E-state index in [1.807, 2.05) is 13.1 Å². The first kappa shape index (κ1) is 12.3. The van der Waals surface area contributed by atoms with E-state index in [0.717, 1.165) is 0 Å². The van der Waals surface area contributed by atoms with Crippen molar-refractivity contribution in [3.8, 4) is 0 Å². The fraction of sp³-hybridized carbons (Fsp3) is 0.455. The smallest absolute Gasteiger partial charge is 0.323 e. The normalized spacial score (nSPS) is 10.1. The minimum Gasteiger partial charge on any atom is -0.480 e. The molecule has 0 spiro atoms. The highest BCUT2D eigenvalue weighted by Crippen LogP contribution is 2.06. The molecule has 1 aromatic rings. The predicted octanol–water partition coefficient (Wildman–Crippen LogP) is 1.05. The van der Waals surface area contributed by atoms with E-state index in [9.17, 15) is 9.59 Å². The summed E-state index contributed by atoms with van der Waals surface area (Å²) in [6.07, 6.45) is 1.81. The molecule has 1 N–H and O–H groups in total. The Balaban J connectivity index is 2.86. The highest BCUT2D eigenvalue weighted by Gasteiger charge is 2.18. The van der Waals surface area contributed by atoms with Crippen LogP contribution in [0, 0.1) is 0 Å². The minimum absolute atomic E-state index is 0.239. The molecule has 88 valence electrons. The highest BCUT2D eigenvalue weighted by atomic mass is 16.4. The van der Waals surface area contributed by atoms with Crippen LogP contribution in [-0.4, -0.2) is 39.5 Å². The summed E-state index contributed by atoms with van der Waals surface area (Å²) in [7, 11) is 0. The zero-order valence-corrected chi connectivity index (χ0v) is 9.51. The van der Waals surface area contributed by atoms with E-state index in [1.54, 1.807) is 23.6 Å². The molecule has 0 saturated carbocycles. The van der Waals surface area contributed by atoms with Crippen molar-refractivity contribution in [2.75, 3.05) is 13.1 Å². The number of carbonyl (C=O) groups excluding carboxylic acids is 1. The van der Waals surface area contributed by atoms with Crippen LogP contribution in [-0.2, 0) is 11.3 Å². The van der Waals surface area contributed by atoms with E-state index in [0.29, 0.717) is 18.8 Å². The fourth-order valence-electron chi connectivity index (χ4n) is 1.54. The summed E-state index contributed by atoms with van der Waals surface area (Å²) in [5.41, 5.74) is 0.533. The number of aryl methyl sites for hydroxylation is 1. The number of rotatable bonds is 5. The quantitative estimate of drug-likeness (QED) is 0.813. The first-order chi connectivity index (χ1) is 7.60. The SMILES string of the molecule is CCN(CC(=O)O)C(=O)c1cccn1CC. The average molecular weight is 224 g/mol. The van der Waals surface area contributed by atoms with Gasteiger partial charge in [-0.2, -0.15) is 0 Å². The van der Waals surface area contributed by atoms with Gasteiger partial charge in [-0.15, -0.1) is 0 Å². The Bertz CT molecular complexity index is 384. The third-order valence-corrected chi connectivity index (χ3v) is 2.38. The molecule has 0 fully saturated rings. The fourth-order valence-corrected chi connectivity index (χ4v) is 1.54.